The number of aliphatic hydroxyl groups is 1. The molecule has 0 aromatic rings. The Labute approximate surface area is 111 Å². The molecule has 1 fully saturated rings. The molecule has 0 spiro atoms. The molecule has 108 valence electrons. The lowest BCUT2D eigenvalue weighted by Crippen LogP contribution is -2.34. The van der Waals surface area contributed by atoms with Crippen LogP contribution in [0.4, 0.5) is 0 Å². The first kappa shape index (κ1) is 15.9. The van der Waals surface area contributed by atoms with Crippen molar-refractivity contribution in [3.8, 4) is 0 Å². The SMILES string of the molecule is CC(C)N1CCCC(O)(CCCS(C)(=O)=O)CC1. The quantitative estimate of drug-likeness (QED) is 0.826. The van der Waals surface area contributed by atoms with E-state index in [9.17, 15) is 13.5 Å². The highest BCUT2D eigenvalue weighted by atomic mass is 32.2. The highest BCUT2D eigenvalue weighted by Crippen LogP contribution is 2.27. The van der Waals surface area contributed by atoms with Gasteiger partial charge in [-0.2, -0.15) is 0 Å². The third-order valence-electron chi connectivity index (χ3n) is 3.84. The summed E-state index contributed by atoms with van der Waals surface area (Å²) in [6, 6.07) is 0.517. The Hall–Kier alpha value is -0.130. The summed E-state index contributed by atoms with van der Waals surface area (Å²) < 4.78 is 22.2. The molecular weight excluding hydrogens is 250 g/mol. The molecule has 0 saturated carbocycles. The van der Waals surface area contributed by atoms with Crippen LogP contribution < -0.4 is 0 Å². The first-order valence-electron chi connectivity index (χ1n) is 6.86. The van der Waals surface area contributed by atoms with E-state index in [2.05, 4.69) is 18.7 Å². The van der Waals surface area contributed by atoms with Crippen LogP contribution in [0.25, 0.3) is 0 Å². The van der Waals surface area contributed by atoms with Gasteiger partial charge >= 0.3 is 0 Å². The summed E-state index contributed by atoms with van der Waals surface area (Å²) in [7, 11) is -2.91. The monoisotopic (exact) mass is 277 g/mol. The van der Waals surface area contributed by atoms with E-state index in [1.54, 1.807) is 0 Å². The van der Waals surface area contributed by atoms with Crippen LogP contribution in [0.15, 0.2) is 0 Å². The van der Waals surface area contributed by atoms with E-state index in [1.807, 2.05) is 0 Å². The molecular formula is C13H27NO3S. The van der Waals surface area contributed by atoms with Gasteiger partial charge in [0.1, 0.15) is 9.84 Å². The Bertz CT molecular complexity index is 353. The largest absolute Gasteiger partial charge is 0.390 e. The molecule has 1 atom stereocenters. The van der Waals surface area contributed by atoms with Crippen molar-refractivity contribution in [1.29, 1.82) is 0 Å². The Morgan fingerprint density at radius 1 is 1.28 bits per heavy atom. The summed E-state index contributed by atoms with van der Waals surface area (Å²) >= 11 is 0. The van der Waals surface area contributed by atoms with Gasteiger partial charge in [0.25, 0.3) is 0 Å². The number of rotatable bonds is 5. The van der Waals surface area contributed by atoms with E-state index in [-0.39, 0.29) is 5.75 Å². The van der Waals surface area contributed by atoms with Crippen molar-refractivity contribution in [1.82, 2.24) is 4.90 Å². The maximum absolute atomic E-state index is 11.1. The van der Waals surface area contributed by atoms with Gasteiger partial charge in [-0.1, -0.05) is 0 Å². The second kappa shape index (κ2) is 6.35. The average Bonchev–Trinajstić information content (AvgIpc) is 2.38. The van der Waals surface area contributed by atoms with Gasteiger partial charge in [0, 0.05) is 24.6 Å². The minimum Gasteiger partial charge on any atom is -0.390 e. The van der Waals surface area contributed by atoms with Crippen LogP contribution in [-0.2, 0) is 9.84 Å². The van der Waals surface area contributed by atoms with Crippen LogP contribution in [0, 0.1) is 0 Å². The van der Waals surface area contributed by atoms with E-state index in [1.165, 1.54) is 6.26 Å². The lowest BCUT2D eigenvalue weighted by atomic mass is 9.90. The maximum atomic E-state index is 11.1. The van der Waals surface area contributed by atoms with Crippen molar-refractivity contribution in [3.05, 3.63) is 0 Å². The summed E-state index contributed by atoms with van der Waals surface area (Å²) in [6.07, 6.45) is 4.97. The molecule has 1 unspecified atom stereocenters. The van der Waals surface area contributed by atoms with Gasteiger partial charge in [-0.15, -0.1) is 0 Å². The highest BCUT2D eigenvalue weighted by molar-refractivity contribution is 7.90. The molecule has 0 aromatic heterocycles. The first-order valence-corrected chi connectivity index (χ1v) is 8.92. The zero-order valence-corrected chi connectivity index (χ0v) is 12.7. The van der Waals surface area contributed by atoms with E-state index in [4.69, 9.17) is 0 Å². The van der Waals surface area contributed by atoms with Crippen LogP contribution in [0.3, 0.4) is 0 Å². The Balaban J connectivity index is 2.44. The van der Waals surface area contributed by atoms with Crippen LogP contribution in [0.2, 0.25) is 0 Å². The summed E-state index contributed by atoms with van der Waals surface area (Å²) in [5, 5.41) is 10.5. The second-order valence-electron chi connectivity index (χ2n) is 5.94. The lowest BCUT2D eigenvalue weighted by molar-refractivity contribution is 0.0157. The molecule has 0 aromatic carbocycles. The Kier molecular flexibility index (Phi) is 5.62. The smallest absolute Gasteiger partial charge is 0.147 e. The second-order valence-corrected chi connectivity index (χ2v) is 8.20. The first-order chi connectivity index (χ1) is 8.22. The van der Waals surface area contributed by atoms with Gasteiger partial charge in [0.05, 0.1) is 5.60 Å². The molecule has 4 nitrogen and oxygen atoms in total. The number of hydrogen-bond donors (Lipinski definition) is 1. The third kappa shape index (κ3) is 5.67. The molecule has 1 aliphatic heterocycles. The van der Waals surface area contributed by atoms with Crippen molar-refractivity contribution in [2.75, 3.05) is 25.1 Å². The van der Waals surface area contributed by atoms with Gasteiger partial charge in [-0.05, 0) is 52.5 Å². The molecule has 0 bridgehead atoms. The van der Waals surface area contributed by atoms with Gasteiger partial charge in [-0.3, -0.25) is 0 Å². The van der Waals surface area contributed by atoms with Crippen LogP contribution >= 0.6 is 0 Å². The molecule has 0 amide bonds. The fourth-order valence-corrected chi connectivity index (χ4v) is 3.30. The molecule has 1 N–H and O–H groups in total. The zero-order valence-electron chi connectivity index (χ0n) is 11.9. The Morgan fingerprint density at radius 2 is 1.94 bits per heavy atom. The number of hydrogen-bond acceptors (Lipinski definition) is 4. The molecule has 18 heavy (non-hydrogen) atoms. The topological polar surface area (TPSA) is 57.6 Å². The Morgan fingerprint density at radius 3 is 2.50 bits per heavy atom. The van der Waals surface area contributed by atoms with Crippen molar-refractivity contribution in [2.45, 2.75) is 57.6 Å². The third-order valence-corrected chi connectivity index (χ3v) is 4.87. The van der Waals surface area contributed by atoms with Gasteiger partial charge in [0.15, 0.2) is 0 Å². The van der Waals surface area contributed by atoms with Crippen molar-refractivity contribution < 1.29 is 13.5 Å². The molecule has 0 radical (unpaired) electrons. The van der Waals surface area contributed by atoms with Gasteiger partial charge in [0.2, 0.25) is 0 Å². The summed E-state index contributed by atoms with van der Waals surface area (Å²) in [4.78, 5) is 2.38. The maximum Gasteiger partial charge on any atom is 0.147 e. The van der Waals surface area contributed by atoms with E-state index in [0.717, 1.165) is 32.4 Å². The normalized spacial score (nSPS) is 27.4. The predicted octanol–water partition coefficient (Wildman–Crippen LogP) is 1.44. The molecule has 5 heteroatoms. The lowest BCUT2D eigenvalue weighted by Gasteiger charge is -2.28. The van der Waals surface area contributed by atoms with Crippen LogP contribution in [-0.4, -0.2) is 55.2 Å². The number of nitrogens with zero attached hydrogens (tertiary/aromatic N) is 1. The average molecular weight is 277 g/mol. The highest BCUT2D eigenvalue weighted by Gasteiger charge is 2.30. The summed E-state index contributed by atoms with van der Waals surface area (Å²) in [5.74, 6) is 0.184. The fourth-order valence-electron chi connectivity index (χ4n) is 2.63. The summed E-state index contributed by atoms with van der Waals surface area (Å²) in [6.45, 7) is 6.29. The van der Waals surface area contributed by atoms with Crippen LogP contribution in [0.5, 0.6) is 0 Å². The predicted molar refractivity (Wildman–Crippen MR) is 74.5 cm³/mol. The van der Waals surface area contributed by atoms with E-state index in [0.29, 0.717) is 18.9 Å². The minimum atomic E-state index is -2.91. The standard InChI is InChI=1S/C13H27NO3S/c1-12(2)14-9-4-6-13(15,8-10-14)7-5-11-18(3,16)17/h12,15H,4-11H2,1-3H3. The van der Waals surface area contributed by atoms with Crippen LogP contribution in [0.1, 0.15) is 46.0 Å². The minimum absolute atomic E-state index is 0.184. The van der Waals surface area contributed by atoms with Gasteiger partial charge in [-0.25, -0.2) is 8.42 Å². The molecule has 1 aliphatic rings. The summed E-state index contributed by atoms with van der Waals surface area (Å²) in [5.41, 5.74) is -0.658. The molecule has 1 heterocycles. The van der Waals surface area contributed by atoms with E-state index < -0.39 is 15.4 Å². The molecule has 1 saturated heterocycles. The van der Waals surface area contributed by atoms with Gasteiger partial charge < -0.3 is 10.0 Å². The number of likely N-dealkylation sites (tertiary alicyclic amines) is 1. The fraction of sp³-hybridized carbons (Fsp3) is 1.00. The number of sulfone groups is 1. The molecule has 1 rings (SSSR count). The molecule has 0 aliphatic carbocycles. The zero-order chi connectivity index (χ0) is 13.8. The van der Waals surface area contributed by atoms with E-state index >= 15 is 0 Å². The van der Waals surface area contributed by atoms with Crippen molar-refractivity contribution >= 4 is 9.84 Å². The van der Waals surface area contributed by atoms with Crippen molar-refractivity contribution in [3.63, 3.8) is 0 Å². The van der Waals surface area contributed by atoms with Crippen molar-refractivity contribution in [2.24, 2.45) is 0 Å².